The fourth-order valence-electron chi connectivity index (χ4n) is 2.60. The van der Waals surface area contributed by atoms with Gasteiger partial charge in [-0.3, -0.25) is 9.69 Å². The summed E-state index contributed by atoms with van der Waals surface area (Å²) in [5.74, 6) is 0.136. The molecule has 1 rings (SSSR count). The van der Waals surface area contributed by atoms with Crippen LogP contribution in [0.4, 0.5) is 0 Å². The third kappa shape index (κ3) is 5.83. The lowest BCUT2D eigenvalue weighted by Crippen LogP contribution is -2.43. The van der Waals surface area contributed by atoms with E-state index in [1.807, 2.05) is 6.92 Å². The molecule has 0 saturated carbocycles. The molecule has 0 aliphatic carbocycles. The molecule has 18 heavy (non-hydrogen) atoms. The zero-order valence-corrected chi connectivity index (χ0v) is 12.0. The van der Waals surface area contributed by atoms with E-state index in [1.54, 1.807) is 0 Å². The third-order valence-corrected chi connectivity index (χ3v) is 3.77. The zero-order chi connectivity index (χ0) is 13.4. The molecule has 0 aromatic carbocycles. The molecule has 0 aromatic rings. The fraction of sp³-hybridized carbons (Fsp3) is 0.929. The van der Waals surface area contributed by atoms with Gasteiger partial charge in [-0.1, -0.05) is 13.3 Å². The quantitative estimate of drug-likeness (QED) is 0.725. The molecular weight excluding hydrogens is 226 g/mol. The Balaban J connectivity index is 2.14. The number of rotatable bonds is 7. The topological polar surface area (TPSA) is 58.4 Å². The van der Waals surface area contributed by atoms with Gasteiger partial charge in [-0.05, 0) is 39.2 Å². The average Bonchev–Trinajstić information content (AvgIpc) is 2.37. The van der Waals surface area contributed by atoms with Crippen LogP contribution in [0.1, 0.15) is 52.4 Å². The molecule has 4 heteroatoms. The first kappa shape index (κ1) is 15.4. The number of carbonyl (C=O) groups excluding carboxylic acids is 1. The molecule has 106 valence electrons. The van der Waals surface area contributed by atoms with Gasteiger partial charge in [0.1, 0.15) is 0 Å². The first-order chi connectivity index (χ1) is 8.63. The Kier molecular flexibility index (Phi) is 7.28. The Morgan fingerprint density at radius 1 is 1.50 bits per heavy atom. The van der Waals surface area contributed by atoms with E-state index < -0.39 is 0 Å². The van der Waals surface area contributed by atoms with Gasteiger partial charge in [-0.25, -0.2) is 0 Å². The van der Waals surface area contributed by atoms with Crippen LogP contribution in [-0.4, -0.2) is 42.5 Å². The van der Waals surface area contributed by atoms with E-state index in [0.717, 1.165) is 25.6 Å². The molecule has 2 unspecified atom stereocenters. The molecule has 0 spiro atoms. The van der Waals surface area contributed by atoms with Crippen molar-refractivity contribution in [2.75, 3.05) is 19.6 Å². The maximum absolute atomic E-state index is 11.6. The molecule has 1 saturated heterocycles. The monoisotopic (exact) mass is 255 g/mol. The van der Waals surface area contributed by atoms with Crippen molar-refractivity contribution in [1.29, 1.82) is 0 Å². The van der Waals surface area contributed by atoms with Crippen molar-refractivity contribution in [2.45, 2.75) is 64.5 Å². The average molecular weight is 255 g/mol. The minimum Gasteiger partial charge on any atom is -0.355 e. The first-order valence-corrected chi connectivity index (χ1v) is 7.39. The van der Waals surface area contributed by atoms with Crippen molar-refractivity contribution in [1.82, 2.24) is 10.2 Å². The molecule has 0 bridgehead atoms. The highest BCUT2D eigenvalue weighted by molar-refractivity contribution is 5.75. The molecule has 1 aliphatic rings. The predicted octanol–water partition coefficient (Wildman–Crippen LogP) is 1.49. The van der Waals surface area contributed by atoms with Crippen molar-refractivity contribution in [3.63, 3.8) is 0 Å². The number of hydrogen-bond acceptors (Lipinski definition) is 3. The van der Waals surface area contributed by atoms with Gasteiger partial charge in [0, 0.05) is 31.6 Å². The van der Waals surface area contributed by atoms with Crippen LogP contribution in [0.25, 0.3) is 0 Å². The summed E-state index contributed by atoms with van der Waals surface area (Å²) in [6.07, 6.45) is 6.51. The van der Waals surface area contributed by atoms with Gasteiger partial charge in [0.2, 0.25) is 5.91 Å². The summed E-state index contributed by atoms with van der Waals surface area (Å²) in [5, 5.41) is 2.99. The van der Waals surface area contributed by atoms with Crippen LogP contribution in [0, 0.1) is 0 Å². The molecule has 1 fully saturated rings. The summed E-state index contributed by atoms with van der Waals surface area (Å²) in [6.45, 7) is 7.14. The number of piperidine rings is 1. The van der Waals surface area contributed by atoms with Crippen LogP contribution < -0.4 is 11.1 Å². The van der Waals surface area contributed by atoms with Gasteiger partial charge in [0.05, 0.1) is 0 Å². The van der Waals surface area contributed by atoms with Crippen LogP contribution in [0.15, 0.2) is 0 Å². The number of nitrogens with one attached hydrogen (secondary N) is 1. The number of likely N-dealkylation sites (tertiary alicyclic amines) is 1. The molecule has 1 amide bonds. The molecule has 0 radical (unpaired) electrons. The lowest BCUT2D eigenvalue weighted by Gasteiger charge is -2.35. The molecule has 1 aliphatic heterocycles. The smallest absolute Gasteiger partial charge is 0.220 e. The second kappa shape index (κ2) is 8.48. The van der Waals surface area contributed by atoms with Gasteiger partial charge < -0.3 is 11.1 Å². The number of carbonyl (C=O) groups is 1. The van der Waals surface area contributed by atoms with Gasteiger partial charge >= 0.3 is 0 Å². The maximum Gasteiger partial charge on any atom is 0.220 e. The molecule has 1 heterocycles. The minimum absolute atomic E-state index is 0.113. The van der Waals surface area contributed by atoms with Crippen LogP contribution in [0.2, 0.25) is 0 Å². The van der Waals surface area contributed by atoms with E-state index in [1.165, 1.54) is 32.2 Å². The van der Waals surface area contributed by atoms with Crippen molar-refractivity contribution in [3.8, 4) is 0 Å². The minimum atomic E-state index is 0.113. The van der Waals surface area contributed by atoms with Crippen LogP contribution in [-0.2, 0) is 4.79 Å². The SMILES string of the molecule is CCC1CCCCN1CCNC(=O)CCC(C)N. The molecular formula is C14H29N3O. The number of nitrogens with zero attached hydrogens (tertiary/aromatic N) is 1. The van der Waals surface area contributed by atoms with Gasteiger partial charge in [0.15, 0.2) is 0 Å². The van der Waals surface area contributed by atoms with Gasteiger partial charge in [-0.15, -0.1) is 0 Å². The number of amides is 1. The molecule has 4 nitrogen and oxygen atoms in total. The van der Waals surface area contributed by atoms with Crippen LogP contribution >= 0.6 is 0 Å². The summed E-state index contributed by atoms with van der Waals surface area (Å²) in [4.78, 5) is 14.1. The first-order valence-electron chi connectivity index (χ1n) is 7.39. The highest BCUT2D eigenvalue weighted by atomic mass is 16.1. The maximum atomic E-state index is 11.6. The Morgan fingerprint density at radius 3 is 2.94 bits per heavy atom. The summed E-state index contributed by atoms with van der Waals surface area (Å²) in [6, 6.07) is 0.835. The second-order valence-corrected chi connectivity index (χ2v) is 5.46. The lowest BCUT2D eigenvalue weighted by molar-refractivity contribution is -0.121. The van der Waals surface area contributed by atoms with E-state index in [4.69, 9.17) is 5.73 Å². The van der Waals surface area contributed by atoms with Crippen molar-refractivity contribution >= 4 is 5.91 Å². The van der Waals surface area contributed by atoms with Crippen molar-refractivity contribution < 1.29 is 4.79 Å². The molecule has 2 atom stereocenters. The largest absolute Gasteiger partial charge is 0.355 e. The molecule has 3 N–H and O–H groups in total. The second-order valence-electron chi connectivity index (χ2n) is 5.46. The standard InChI is InChI=1S/C14H29N3O/c1-3-13-6-4-5-10-17(13)11-9-16-14(18)8-7-12(2)15/h12-13H,3-11,15H2,1-2H3,(H,16,18). The van der Waals surface area contributed by atoms with Crippen molar-refractivity contribution in [3.05, 3.63) is 0 Å². The highest BCUT2D eigenvalue weighted by Crippen LogP contribution is 2.18. The molecule has 0 aromatic heterocycles. The third-order valence-electron chi connectivity index (χ3n) is 3.77. The Bertz CT molecular complexity index is 243. The van der Waals surface area contributed by atoms with Gasteiger partial charge in [-0.2, -0.15) is 0 Å². The fourth-order valence-corrected chi connectivity index (χ4v) is 2.60. The number of hydrogen-bond donors (Lipinski definition) is 2. The normalized spacial score (nSPS) is 22.7. The summed E-state index contributed by atoms with van der Waals surface area (Å²) in [7, 11) is 0. The lowest BCUT2D eigenvalue weighted by atomic mass is 10.0. The Morgan fingerprint density at radius 2 is 2.28 bits per heavy atom. The number of nitrogens with two attached hydrogens (primary N) is 1. The van der Waals surface area contributed by atoms with E-state index in [9.17, 15) is 4.79 Å². The van der Waals surface area contributed by atoms with E-state index in [0.29, 0.717) is 6.42 Å². The highest BCUT2D eigenvalue weighted by Gasteiger charge is 2.19. The van der Waals surface area contributed by atoms with Gasteiger partial charge in [0.25, 0.3) is 0 Å². The van der Waals surface area contributed by atoms with E-state index in [2.05, 4.69) is 17.1 Å². The van der Waals surface area contributed by atoms with Crippen LogP contribution in [0.3, 0.4) is 0 Å². The zero-order valence-electron chi connectivity index (χ0n) is 12.0. The Labute approximate surface area is 111 Å². The Hall–Kier alpha value is -0.610. The predicted molar refractivity (Wildman–Crippen MR) is 75.4 cm³/mol. The van der Waals surface area contributed by atoms with E-state index >= 15 is 0 Å². The van der Waals surface area contributed by atoms with Crippen molar-refractivity contribution in [2.24, 2.45) is 5.73 Å². The summed E-state index contributed by atoms with van der Waals surface area (Å²) >= 11 is 0. The summed E-state index contributed by atoms with van der Waals surface area (Å²) in [5.41, 5.74) is 5.63. The van der Waals surface area contributed by atoms with E-state index in [-0.39, 0.29) is 11.9 Å². The van der Waals surface area contributed by atoms with Crippen LogP contribution in [0.5, 0.6) is 0 Å². The summed E-state index contributed by atoms with van der Waals surface area (Å²) < 4.78 is 0.